The first kappa shape index (κ1) is 23.1. The number of fused-ring (bicyclic) bond motifs is 1. The Morgan fingerprint density at radius 1 is 1.11 bits per heavy atom. The van der Waals surface area contributed by atoms with Gasteiger partial charge in [0.05, 0.1) is 43.1 Å². The van der Waals surface area contributed by atoms with Gasteiger partial charge in [-0.25, -0.2) is 14.8 Å². The third-order valence-corrected chi connectivity index (χ3v) is 6.63. The zero-order chi connectivity index (χ0) is 24.5. The normalized spacial score (nSPS) is 18.9. The molecule has 10 nitrogen and oxygen atoms in total. The third-order valence-electron chi connectivity index (χ3n) is 6.63. The van der Waals surface area contributed by atoms with E-state index in [9.17, 15) is 9.90 Å². The van der Waals surface area contributed by atoms with E-state index < -0.39 is 6.10 Å². The first-order chi connectivity index (χ1) is 17.0. The zero-order valence-corrected chi connectivity index (χ0v) is 19.9. The summed E-state index contributed by atoms with van der Waals surface area (Å²) in [6.45, 7) is 2.32. The molecular formula is C25H30N6O4. The molecule has 35 heavy (non-hydrogen) atoms. The molecule has 0 radical (unpaired) electrons. The third kappa shape index (κ3) is 4.42. The van der Waals surface area contributed by atoms with E-state index in [2.05, 4.69) is 9.88 Å². The second-order valence-corrected chi connectivity index (χ2v) is 8.87. The molecule has 0 aliphatic carbocycles. The number of nitrogens with zero attached hydrogens (tertiary/aromatic N) is 5. The quantitative estimate of drug-likeness (QED) is 0.548. The first-order valence-corrected chi connectivity index (χ1v) is 11.7. The number of benzene rings is 2. The molecule has 2 aliphatic rings. The molecule has 10 heteroatoms. The van der Waals surface area contributed by atoms with Crippen LogP contribution in [0.3, 0.4) is 0 Å². The van der Waals surface area contributed by atoms with Crippen molar-refractivity contribution < 1.29 is 19.4 Å². The van der Waals surface area contributed by atoms with Crippen molar-refractivity contribution in [2.24, 2.45) is 0 Å². The molecule has 1 aromatic heterocycles. The number of hydrogen-bond donors (Lipinski definition) is 2. The molecule has 3 heterocycles. The lowest BCUT2D eigenvalue weighted by Gasteiger charge is -2.39. The SMILES string of the molecule is COc1cc(N)cc(N2CCN(C(=O)N3CC(O)C3)CCC2OC)c1-c1ncc2ccccc2n1. The lowest BCUT2D eigenvalue weighted by molar-refractivity contribution is 0.0149. The standard InChI is InChI=1S/C25H30N6O4/c1-34-21-12-17(26)11-20(23(21)24-27-13-16-5-3-4-6-19(16)28-24)31-10-9-29(8-7-22(31)35-2)25(33)30-14-18(32)15-30/h3-6,11-13,18,22,32H,7-10,14-15,26H2,1-2H3. The number of hydrogen-bond acceptors (Lipinski definition) is 8. The lowest BCUT2D eigenvalue weighted by atomic mass is 10.1. The highest BCUT2D eigenvalue weighted by atomic mass is 16.5. The molecular weight excluding hydrogens is 448 g/mol. The number of nitrogen functional groups attached to an aromatic ring is 1. The summed E-state index contributed by atoms with van der Waals surface area (Å²) in [6.07, 6.45) is 1.68. The van der Waals surface area contributed by atoms with Crippen molar-refractivity contribution in [3.63, 3.8) is 0 Å². The number of carbonyl (C=O) groups excluding carboxylic acids is 1. The van der Waals surface area contributed by atoms with Crippen LogP contribution in [0.15, 0.2) is 42.6 Å². The van der Waals surface area contributed by atoms with Crippen LogP contribution in [0.4, 0.5) is 16.2 Å². The van der Waals surface area contributed by atoms with Crippen LogP contribution in [0.25, 0.3) is 22.3 Å². The van der Waals surface area contributed by atoms with E-state index in [-0.39, 0.29) is 12.3 Å². The summed E-state index contributed by atoms with van der Waals surface area (Å²) in [5.41, 5.74) is 9.16. The fraction of sp³-hybridized carbons (Fsp3) is 0.400. The zero-order valence-electron chi connectivity index (χ0n) is 19.9. The van der Waals surface area contributed by atoms with Crippen molar-refractivity contribution >= 4 is 28.3 Å². The Morgan fingerprint density at radius 2 is 1.91 bits per heavy atom. The van der Waals surface area contributed by atoms with Crippen molar-refractivity contribution in [3.8, 4) is 17.1 Å². The average Bonchev–Trinajstić information content (AvgIpc) is 3.08. The summed E-state index contributed by atoms with van der Waals surface area (Å²) in [6, 6.07) is 11.4. The van der Waals surface area contributed by atoms with Gasteiger partial charge in [-0.15, -0.1) is 0 Å². The summed E-state index contributed by atoms with van der Waals surface area (Å²) < 4.78 is 11.6. The molecule has 3 aromatic rings. The van der Waals surface area contributed by atoms with E-state index in [1.165, 1.54) is 0 Å². The number of urea groups is 1. The molecule has 3 N–H and O–H groups in total. The maximum absolute atomic E-state index is 12.9. The van der Waals surface area contributed by atoms with Gasteiger partial charge in [0.2, 0.25) is 0 Å². The Hall–Kier alpha value is -3.63. The lowest BCUT2D eigenvalue weighted by Crippen LogP contribution is -2.58. The van der Waals surface area contributed by atoms with E-state index in [0.29, 0.717) is 56.4 Å². The van der Waals surface area contributed by atoms with Crippen LogP contribution >= 0.6 is 0 Å². The van der Waals surface area contributed by atoms with Crippen LogP contribution < -0.4 is 15.4 Å². The number of nitrogens with two attached hydrogens (primary N) is 1. The topological polar surface area (TPSA) is 117 Å². The first-order valence-electron chi connectivity index (χ1n) is 11.7. The van der Waals surface area contributed by atoms with Gasteiger partial charge in [0.1, 0.15) is 12.0 Å². The van der Waals surface area contributed by atoms with Crippen molar-refractivity contribution in [3.05, 3.63) is 42.6 Å². The molecule has 0 spiro atoms. The number of rotatable bonds is 4. The Balaban J connectivity index is 1.53. The highest BCUT2D eigenvalue weighted by molar-refractivity contribution is 5.87. The van der Waals surface area contributed by atoms with Gasteiger partial charge in [-0.2, -0.15) is 0 Å². The molecule has 1 unspecified atom stereocenters. The Labute approximate surface area is 203 Å². The van der Waals surface area contributed by atoms with Gasteiger partial charge in [0.15, 0.2) is 5.82 Å². The molecule has 0 saturated carbocycles. The van der Waals surface area contributed by atoms with Gasteiger partial charge in [0, 0.05) is 56.5 Å². The van der Waals surface area contributed by atoms with Gasteiger partial charge in [-0.1, -0.05) is 18.2 Å². The molecule has 2 fully saturated rings. The van der Waals surface area contributed by atoms with E-state index >= 15 is 0 Å². The number of aromatic nitrogens is 2. The van der Waals surface area contributed by atoms with Crippen LogP contribution in [0.1, 0.15) is 6.42 Å². The predicted molar refractivity (Wildman–Crippen MR) is 133 cm³/mol. The summed E-state index contributed by atoms with van der Waals surface area (Å²) in [4.78, 5) is 27.9. The van der Waals surface area contributed by atoms with Crippen LogP contribution in [0, 0.1) is 0 Å². The fourth-order valence-corrected chi connectivity index (χ4v) is 4.76. The van der Waals surface area contributed by atoms with Crippen molar-refractivity contribution in [2.45, 2.75) is 18.8 Å². The van der Waals surface area contributed by atoms with Crippen LogP contribution in [0.2, 0.25) is 0 Å². The molecule has 1 atom stereocenters. The smallest absolute Gasteiger partial charge is 0.320 e. The number of methoxy groups -OCH3 is 2. The second kappa shape index (κ2) is 9.55. The monoisotopic (exact) mass is 478 g/mol. The maximum atomic E-state index is 12.9. The minimum absolute atomic E-state index is 0.0600. The van der Waals surface area contributed by atoms with Crippen LogP contribution in [-0.2, 0) is 4.74 Å². The molecule has 184 valence electrons. The Kier molecular flexibility index (Phi) is 6.31. The molecule has 2 aliphatic heterocycles. The molecule has 2 amide bonds. The van der Waals surface area contributed by atoms with E-state index in [4.69, 9.17) is 20.2 Å². The largest absolute Gasteiger partial charge is 0.496 e. The Morgan fingerprint density at radius 3 is 2.66 bits per heavy atom. The number of amides is 2. The highest BCUT2D eigenvalue weighted by Gasteiger charge is 2.35. The summed E-state index contributed by atoms with van der Waals surface area (Å²) in [5.74, 6) is 1.09. The maximum Gasteiger partial charge on any atom is 0.320 e. The number of aliphatic hydroxyl groups is 1. The van der Waals surface area contributed by atoms with E-state index in [0.717, 1.165) is 22.2 Å². The Bertz CT molecular complexity index is 1230. The van der Waals surface area contributed by atoms with Crippen molar-refractivity contribution in [2.75, 3.05) is 57.6 Å². The van der Waals surface area contributed by atoms with Gasteiger partial charge >= 0.3 is 6.03 Å². The summed E-state index contributed by atoms with van der Waals surface area (Å²) in [5, 5.41) is 10.5. The average molecular weight is 479 g/mol. The minimum Gasteiger partial charge on any atom is -0.496 e. The van der Waals surface area contributed by atoms with Gasteiger partial charge in [-0.3, -0.25) is 0 Å². The number of para-hydroxylation sites is 1. The van der Waals surface area contributed by atoms with Gasteiger partial charge < -0.3 is 35.0 Å². The second-order valence-electron chi connectivity index (χ2n) is 8.87. The molecule has 0 bridgehead atoms. The molecule has 2 aromatic carbocycles. The number of anilines is 2. The summed E-state index contributed by atoms with van der Waals surface area (Å²) >= 11 is 0. The number of carbonyl (C=O) groups is 1. The summed E-state index contributed by atoms with van der Waals surface area (Å²) in [7, 11) is 3.26. The van der Waals surface area contributed by atoms with E-state index in [1.54, 1.807) is 31.4 Å². The van der Waals surface area contributed by atoms with Gasteiger partial charge in [0.25, 0.3) is 0 Å². The van der Waals surface area contributed by atoms with E-state index in [1.807, 2.05) is 35.2 Å². The number of likely N-dealkylation sites (tertiary alicyclic amines) is 1. The number of β-amino-alcohol motifs (C(OH)–C–C–N with tert-alkyl or cyclic N) is 1. The predicted octanol–water partition coefficient (Wildman–Crippen LogP) is 2.17. The van der Waals surface area contributed by atoms with Crippen LogP contribution in [0.5, 0.6) is 5.75 Å². The highest BCUT2D eigenvalue weighted by Crippen LogP contribution is 2.41. The van der Waals surface area contributed by atoms with Crippen molar-refractivity contribution in [1.29, 1.82) is 0 Å². The fourth-order valence-electron chi connectivity index (χ4n) is 4.76. The number of ether oxygens (including phenoxy) is 2. The minimum atomic E-state index is -0.432. The number of aliphatic hydroxyl groups excluding tert-OH is 1. The molecule has 2 saturated heterocycles. The van der Waals surface area contributed by atoms with Crippen LogP contribution in [-0.4, -0.2) is 90.2 Å². The molecule has 5 rings (SSSR count). The van der Waals surface area contributed by atoms with Crippen molar-refractivity contribution in [1.82, 2.24) is 19.8 Å². The van der Waals surface area contributed by atoms with Gasteiger partial charge in [-0.05, 0) is 12.1 Å².